The molecule has 1 aliphatic heterocycles. The van der Waals surface area contributed by atoms with Crippen LogP contribution < -0.4 is 11.0 Å². The Balaban J connectivity index is 0.00000176. The lowest BCUT2D eigenvalue weighted by atomic mass is 9.76. The summed E-state index contributed by atoms with van der Waals surface area (Å²) in [5.74, 6) is 0.557. The number of hydrogen-bond acceptors (Lipinski definition) is 1. The molecular formula is C29H39N2P. The van der Waals surface area contributed by atoms with Crippen LogP contribution in [-0.4, -0.2) is 12.0 Å². The highest BCUT2D eigenvalue weighted by Gasteiger charge is 2.35. The van der Waals surface area contributed by atoms with Crippen molar-refractivity contribution in [2.45, 2.75) is 59.9 Å². The molecule has 32 heavy (non-hydrogen) atoms. The minimum absolute atomic E-state index is 0.557. The third kappa shape index (κ3) is 5.67. The predicted octanol–water partition coefficient (Wildman–Crippen LogP) is 7.16. The second-order valence-electron chi connectivity index (χ2n) is 8.03. The number of aliphatic imine (C=N–C) groups is 1. The fourth-order valence-corrected chi connectivity index (χ4v) is 5.50. The molecule has 2 aromatic rings. The Bertz CT molecular complexity index is 1010. The van der Waals surface area contributed by atoms with Gasteiger partial charge in [-0.15, -0.1) is 0 Å². The maximum atomic E-state index is 6.11. The van der Waals surface area contributed by atoms with E-state index in [1.807, 2.05) is 39.0 Å². The van der Waals surface area contributed by atoms with Gasteiger partial charge in [0, 0.05) is 0 Å². The van der Waals surface area contributed by atoms with Gasteiger partial charge in [0.15, 0.2) is 0 Å². The molecule has 2 nitrogen and oxygen atoms in total. The Morgan fingerprint density at radius 3 is 2.41 bits per heavy atom. The molecule has 0 spiro atoms. The number of fused-ring (bicyclic) bond motifs is 1. The van der Waals surface area contributed by atoms with E-state index in [1.165, 1.54) is 34.6 Å². The maximum Gasteiger partial charge on any atom is 0.129 e. The molecule has 3 heteroatoms. The van der Waals surface area contributed by atoms with Crippen molar-refractivity contribution in [3.8, 4) is 0 Å². The number of aryl methyl sites for hydroxylation is 1. The van der Waals surface area contributed by atoms with Crippen molar-refractivity contribution < 1.29 is 0 Å². The second kappa shape index (κ2) is 12.0. The van der Waals surface area contributed by atoms with Crippen LogP contribution in [0.1, 0.15) is 64.7 Å². The monoisotopic (exact) mass is 446 g/mol. The van der Waals surface area contributed by atoms with E-state index in [1.54, 1.807) is 0 Å². The molecular weight excluding hydrogens is 407 g/mol. The van der Waals surface area contributed by atoms with Gasteiger partial charge in [-0.05, 0) is 84.6 Å². The van der Waals surface area contributed by atoms with Crippen molar-refractivity contribution in [2.75, 3.05) is 6.16 Å². The number of nitrogens with two attached hydrogens (primary N) is 1. The van der Waals surface area contributed by atoms with Crippen LogP contribution in [-0.2, 0) is 12.0 Å². The first-order chi connectivity index (χ1) is 15.4. The standard InChI is InChI=1S/C27H33N2P.C2H6/c1-6-20(3)27(29-22(5)28,25-10-8-7-9-11-25)21(4)13-12-19(2)24-15-14-23-16-17-30-26(23)18-24;1-2/h7-15,18,30H,3,6,16-17H2,1-2,4-5H3,(H2,28,29);1-2H3/b19-12+,21-13+;. The van der Waals surface area contributed by atoms with Gasteiger partial charge in [0.25, 0.3) is 0 Å². The summed E-state index contributed by atoms with van der Waals surface area (Å²) in [5.41, 5.74) is 12.8. The van der Waals surface area contributed by atoms with E-state index in [4.69, 9.17) is 10.7 Å². The van der Waals surface area contributed by atoms with E-state index in [0.717, 1.165) is 31.7 Å². The third-order valence-corrected chi connectivity index (χ3v) is 7.25. The minimum atomic E-state index is -0.648. The Morgan fingerprint density at radius 2 is 1.78 bits per heavy atom. The number of allylic oxidation sites excluding steroid dienone is 3. The lowest BCUT2D eigenvalue weighted by Crippen LogP contribution is -2.30. The number of nitrogens with zero attached hydrogens (tertiary/aromatic N) is 1. The highest BCUT2D eigenvalue weighted by Crippen LogP contribution is 2.41. The minimum Gasteiger partial charge on any atom is -0.388 e. The molecule has 3 rings (SSSR count). The van der Waals surface area contributed by atoms with E-state index in [9.17, 15) is 0 Å². The molecule has 170 valence electrons. The molecule has 1 heterocycles. The summed E-state index contributed by atoms with van der Waals surface area (Å²) >= 11 is 0. The molecule has 0 aromatic heterocycles. The van der Waals surface area contributed by atoms with Crippen LogP contribution in [0.15, 0.2) is 83.4 Å². The van der Waals surface area contributed by atoms with Crippen LogP contribution in [0.5, 0.6) is 0 Å². The Hall–Kier alpha value is -2.44. The first-order valence-electron chi connectivity index (χ1n) is 11.7. The predicted molar refractivity (Wildman–Crippen MR) is 147 cm³/mol. The number of hydrogen-bond donors (Lipinski definition) is 1. The summed E-state index contributed by atoms with van der Waals surface area (Å²) in [7, 11) is 0.946. The average Bonchev–Trinajstić information content (AvgIpc) is 3.30. The van der Waals surface area contributed by atoms with E-state index in [0.29, 0.717) is 5.84 Å². The van der Waals surface area contributed by atoms with Crippen molar-refractivity contribution >= 4 is 25.3 Å². The van der Waals surface area contributed by atoms with Gasteiger partial charge in [-0.1, -0.05) is 90.5 Å². The van der Waals surface area contributed by atoms with Crippen molar-refractivity contribution in [1.82, 2.24) is 0 Å². The third-order valence-electron chi connectivity index (χ3n) is 5.90. The van der Waals surface area contributed by atoms with Crippen molar-refractivity contribution in [3.05, 3.63) is 95.1 Å². The van der Waals surface area contributed by atoms with Crippen LogP contribution in [0.4, 0.5) is 0 Å². The highest BCUT2D eigenvalue weighted by atomic mass is 31.1. The van der Waals surface area contributed by atoms with Gasteiger partial charge in [0.1, 0.15) is 5.54 Å². The molecule has 0 saturated heterocycles. The lowest BCUT2D eigenvalue weighted by Gasteiger charge is -2.34. The topological polar surface area (TPSA) is 38.4 Å². The second-order valence-corrected chi connectivity index (χ2v) is 9.43. The maximum absolute atomic E-state index is 6.11. The van der Waals surface area contributed by atoms with Gasteiger partial charge in [0.05, 0.1) is 5.84 Å². The largest absolute Gasteiger partial charge is 0.388 e. The van der Waals surface area contributed by atoms with Crippen LogP contribution in [0.3, 0.4) is 0 Å². The van der Waals surface area contributed by atoms with Crippen molar-refractivity contribution in [3.63, 3.8) is 0 Å². The zero-order chi connectivity index (χ0) is 23.7. The van der Waals surface area contributed by atoms with Crippen LogP contribution in [0.25, 0.3) is 5.57 Å². The van der Waals surface area contributed by atoms with E-state index in [-0.39, 0.29) is 0 Å². The summed E-state index contributed by atoms with van der Waals surface area (Å²) < 4.78 is 0. The Morgan fingerprint density at radius 1 is 1.09 bits per heavy atom. The highest BCUT2D eigenvalue weighted by molar-refractivity contribution is 7.47. The first-order valence-corrected chi connectivity index (χ1v) is 12.9. The Kier molecular flexibility index (Phi) is 9.66. The summed E-state index contributed by atoms with van der Waals surface area (Å²) in [4.78, 5) is 4.95. The smallest absolute Gasteiger partial charge is 0.129 e. The van der Waals surface area contributed by atoms with E-state index < -0.39 is 5.54 Å². The van der Waals surface area contributed by atoms with Gasteiger partial charge in [0.2, 0.25) is 0 Å². The van der Waals surface area contributed by atoms with Crippen LogP contribution >= 0.6 is 8.58 Å². The van der Waals surface area contributed by atoms with Crippen molar-refractivity contribution in [2.24, 2.45) is 10.7 Å². The number of rotatable bonds is 7. The van der Waals surface area contributed by atoms with Crippen LogP contribution in [0.2, 0.25) is 0 Å². The molecule has 2 unspecified atom stereocenters. The number of benzene rings is 2. The summed E-state index contributed by atoms with van der Waals surface area (Å²) in [5, 5.41) is 1.53. The molecule has 2 aromatic carbocycles. The Labute approximate surface area is 197 Å². The average molecular weight is 447 g/mol. The zero-order valence-corrected chi connectivity index (χ0v) is 21.6. The molecule has 0 aliphatic carbocycles. The molecule has 0 fully saturated rings. The molecule has 2 N–H and O–H groups in total. The quantitative estimate of drug-likeness (QED) is 0.158. The van der Waals surface area contributed by atoms with Gasteiger partial charge < -0.3 is 5.73 Å². The lowest BCUT2D eigenvalue weighted by molar-refractivity contribution is 0.603. The summed E-state index contributed by atoms with van der Waals surface area (Å²) in [6.45, 7) is 16.7. The van der Waals surface area contributed by atoms with Gasteiger partial charge in [-0.25, -0.2) is 0 Å². The van der Waals surface area contributed by atoms with Gasteiger partial charge in [-0.3, -0.25) is 4.99 Å². The normalized spacial score (nSPS) is 16.8. The van der Waals surface area contributed by atoms with E-state index >= 15 is 0 Å². The summed E-state index contributed by atoms with van der Waals surface area (Å²) in [6.07, 6.45) is 7.74. The van der Waals surface area contributed by atoms with Crippen LogP contribution in [0, 0.1) is 0 Å². The fourth-order valence-electron chi connectivity index (χ4n) is 4.15. The SMILES string of the molecule is C=C(CC)C(N=C(C)N)(/C(C)=C/C=C(\C)c1ccc2c(c1)PCC2)c1ccccc1.CC. The first kappa shape index (κ1) is 25.8. The fraction of sp³-hybridized carbons (Fsp3) is 0.345. The number of amidine groups is 1. The summed E-state index contributed by atoms with van der Waals surface area (Å²) in [6, 6.07) is 17.3. The molecule has 0 bridgehead atoms. The zero-order valence-electron chi connectivity index (χ0n) is 20.6. The molecule has 0 amide bonds. The van der Waals surface area contributed by atoms with Gasteiger partial charge in [-0.2, -0.15) is 0 Å². The molecule has 1 aliphatic rings. The molecule has 0 radical (unpaired) electrons. The van der Waals surface area contributed by atoms with E-state index in [2.05, 4.69) is 69.8 Å². The van der Waals surface area contributed by atoms with Gasteiger partial charge >= 0.3 is 0 Å². The molecule has 0 saturated carbocycles. The van der Waals surface area contributed by atoms with Crippen molar-refractivity contribution in [1.29, 1.82) is 0 Å². The molecule has 2 atom stereocenters.